The minimum atomic E-state index is -0.212. The molecule has 0 radical (unpaired) electrons. The molecule has 0 saturated carbocycles. The number of halogens is 2. The van der Waals surface area contributed by atoms with Crippen LogP contribution in [-0.2, 0) is 6.54 Å². The smallest absolute Gasteiger partial charge is 0.251 e. The fourth-order valence-electron chi connectivity index (χ4n) is 2.58. The van der Waals surface area contributed by atoms with Crippen molar-refractivity contribution in [3.63, 3.8) is 0 Å². The van der Waals surface area contributed by atoms with Crippen LogP contribution in [0.4, 0.5) is 4.39 Å². The van der Waals surface area contributed by atoms with Gasteiger partial charge in [-0.05, 0) is 55.7 Å². The monoisotopic (exact) mass is 498 g/mol. The quantitative estimate of drug-likeness (QED) is 0.322. The van der Waals surface area contributed by atoms with Gasteiger partial charge >= 0.3 is 0 Å². The molecule has 3 N–H and O–H groups in total. The van der Waals surface area contributed by atoms with Crippen LogP contribution in [0.2, 0.25) is 0 Å². The fraction of sp³-hybridized carbons (Fsp3) is 0.333. The second-order valence-electron chi connectivity index (χ2n) is 6.36. The number of aliphatic imine (C=N–C) groups is 1. The van der Waals surface area contributed by atoms with Gasteiger partial charge in [0.05, 0.1) is 6.04 Å². The van der Waals surface area contributed by atoms with Crippen molar-refractivity contribution in [1.82, 2.24) is 16.0 Å². The van der Waals surface area contributed by atoms with Gasteiger partial charge in [-0.25, -0.2) is 4.39 Å². The van der Waals surface area contributed by atoms with E-state index in [2.05, 4.69) is 20.9 Å². The summed E-state index contributed by atoms with van der Waals surface area (Å²) in [4.78, 5) is 16.0. The first-order valence-corrected chi connectivity index (χ1v) is 9.05. The van der Waals surface area contributed by atoms with E-state index < -0.39 is 0 Å². The van der Waals surface area contributed by atoms with Gasteiger partial charge in [0.15, 0.2) is 5.96 Å². The van der Waals surface area contributed by atoms with E-state index in [0.717, 1.165) is 11.1 Å². The number of nitrogens with one attached hydrogen (secondary N) is 3. The third-order valence-electron chi connectivity index (χ3n) is 4.29. The lowest BCUT2D eigenvalue weighted by atomic mass is 10.1. The number of nitrogens with zero attached hydrogens (tertiary/aromatic N) is 1. The Hall–Kier alpha value is -2.16. The average Bonchev–Trinajstić information content (AvgIpc) is 2.67. The minimum Gasteiger partial charge on any atom is -0.352 e. The number of guanidine groups is 1. The van der Waals surface area contributed by atoms with Crippen LogP contribution < -0.4 is 16.0 Å². The molecular formula is C21H28FIN4O. The lowest BCUT2D eigenvalue weighted by molar-refractivity contribution is 0.0956. The lowest BCUT2D eigenvalue weighted by Crippen LogP contribution is -2.38. The molecular weight excluding hydrogens is 470 g/mol. The number of rotatable bonds is 6. The molecule has 2 aromatic rings. The van der Waals surface area contributed by atoms with E-state index >= 15 is 0 Å². The molecule has 1 amide bonds. The zero-order valence-corrected chi connectivity index (χ0v) is 19.0. The fourth-order valence-corrected chi connectivity index (χ4v) is 2.58. The second kappa shape index (κ2) is 11.6. The van der Waals surface area contributed by atoms with Crippen molar-refractivity contribution in [1.29, 1.82) is 0 Å². The van der Waals surface area contributed by atoms with Gasteiger partial charge in [-0.15, -0.1) is 24.0 Å². The molecule has 28 heavy (non-hydrogen) atoms. The van der Waals surface area contributed by atoms with E-state index in [4.69, 9.17) is 0 Å². The van der Waals surface area contributed by atoms with Crippen LogP contribution in [0, 0.1) is 12.7 Å². The summed E-state index contributed by atoms with van der Waals surface area (Å²) in [5, 5.41) is 9.26. The first-order valence-electron chi connectivity index (χ1n) is 9.05. The molecule has 1 unspecified atom stereocenters. The Kier molecular flexibility index (Phi) is 9.92. The molecule has 0 spiro atoms. The van der Waals surface area contributed by atoms with Crippen molar-refractivity contribution in [3.05, 3.63) is 70.5 Å². The van der Waals surface area contributed by atoms with Crippen LogP contribution in [-0.4, -0.2) is 25.5 Å². The van der Waals surface area contributed by atoms with E-state index in [1.165, 1.54) is 0 Å². The van der Waals surface area contributed by atoms with Gasteiger partial charge in [-0.3, -0.25) is 9.79 Å². The molecule has 0 heterocycles. The van der Waals surface area contributed by atoms with Crippen molar-refractivity contribution in [2.45, 2.75) is 33.4 Å². The first kappa shape index (κ1) is 23.9. The van der Waals surface area contributed by atoms with Crippen LogP contribution in [0.25, 0.3) is 0 Å². The normalized spacial score (nSPS) is 12.0. The van der Waals surface area contributed by atoms with Gasteiger partial charge in [0.2, 0.25) is 0 Å². The van der Waals surface area contributed by atoms with E-state index in [0.29, 0.717) is 30.2 Å². The summed E-state index contributed by atoms with van der Waals surface area (Å²) in [5.41, 5.74) is 3.15. The van der Waals surface area contributed by atoms with Crippen LogP contribution in [0.1, 0.15) is 46.9 Å². The van der Waals surface area contributed by atoms with Crippen molar-refractivity contribution in [2.24, 2.45) is 4.99 Å². The van der Waals surface area contributed by atoms with Crippen LogP contribution in [0.15, 0.2) is 47.5 Å². The Morgan fingerprint density at radius 3 is 2.39 bits per heavy atom. The summed E-state index contributed by atoms with van der Waals surface area (Å²) >= 11 is 0. The molecule has 1 atom stereocenters. The Labute approximate surface area is 183 Å². The maximum Gasteiger partial charge on any atom is 0.251 e. The van der Waals surface area contributed by atoms with Crippen molar-refractivity contribution >= 4 is 35.8 Å². The predicted octanol–water partition coefficient (Wildman–Crippen LogP) is 3.93. The minimum absolute atomic E-state index is 0. The molecule has 0 aliphatic carbocycles. The maximum atomic E-state index is 13.8. The van der Waals surface area contributed by atoms with Gasteiger partial charge in [0.1, 0.15) is 5.82 Å². The molecule has 0 bridgehead atoms. The topological polar surface area (TPSA) is 65.5 Å². The Balaban J connectivity index is 0.00000392. The summed E-state index contributed by atoms with van der Waals surface area (Å²) in [6.07, 6.45) is 0. The number of carbonyl (C=O) groups is 1. The summed E-state index contributed by atoms with van der Waals surface area (Å²) < 4.78 is 13.8. The van der Waals surface area contributed by atoms with Crippen LogP contribution in [0.3, 0.4) is 0 Å². The summed E-state index contributed by atoms with van der Waals surface area (Å²) in [7, 11) is 1.69. The van der Waals surface area contributed by atoms with Crippen molar-refractivity contribution in [3.8, 4) is 0 Å². The van der Waals surface area contributed by atoms with Gasteiger partial charge in [-0.1, -0.05) is 24.3 Å². The van der Waals surface area contributed by atoms with E-state index in [-0.39, 0.29) is 41.7 Å². The van der Waals surface area contributed by atoms with Gasteiger partial charge in [-0.2, -0.15) is 0 Å². The highest BCUT2D eigenvalue weighted by atomic mass is 127. The Bertz CT molecular complexity index is 809. The zero-order chi connectivity index (χ0) is 19.8. The standard InChI is InChI=1S/C21H27FN4O.HI/c1-5-24-20(27)17-10-7-16(8-11-17)13-25-21(23-4)26-15(3)18-9-6-14(2)19(22)12-18;/h6-12,15H,5,13H2,1-4H3,(H,24,27)(H2,23,25,26);1H. The number of aryl methyl sites for hydroxylation is 1. The zero-order valence-electron chi connectivity index (χ0n) is 16.7. The van der Waals surface area contributed by atoms with Crippen molar-refractivity contribution in [2.75, 3.05) is 13.6 Å². The molecule has 0 aliphatic rings. The molecule has 2 aromatic carbocycles. The highest BCUT2D eigenvalue weighted by Gasteiger charge is 2.10. The number of hydrogen-bond donors (Lipinski definition) is 3. The van der Waals surface area contributed by atoms with Gasteiger partial charge < -0.3 is 16.0 Å². The highest BCUT2D eigenvalue weighted by molar-refractivity contribution is 14.0. The van der Waals surface area contributed by atoms with E-state index in [1.807, 2.05) is 32.0 Å². The molecule has 0 aromatic heterocycles. The molecule has 0 fully saturated rings. The van der Waals surface area contributed by atoms with Crippen molar-refractivity contribution < 1.29 is 9.18 Å². The van der Waals surface area contributed by atoms with Crippen LogP contribution >= 0.6 is 24.0 Å². The number of carbonyl (C=O) groups excluding carboxylic acids is 1. The Morgan fingerprint density at radius 2 is 1.82 bits per heavy atom. The molecule has 5 nitrogen and oxygen atoms in total. The average molecular weight is 498 g/mol. The largest absolute Gasteiger partial charge is 0.352 e. The molecule has 0 aliphatic heterocycles. The van der Waals surface area contributed by atoms with E-state index in [9.17, 15) is 9.18 Å². The molecule has 2 rings (SSSR count). The van der Waals surface area contributed by atoms with Crippen LogP contribution in [0.5, 0.6) is 0 Å². The lowest BCUT2D eigenvalue weighted by Gasteiger charge is -2.19. The summed E-state index contributed by atoms with van der Waals surface area (Å²) in [6, 6.07) is 12.5. The predicted molar refractivity (Wildman–Crippen MR) is 123 cm³/mol. The number of amides is 1. The summed E-state index contributed by atoms with van der Waals surface area (Å²) in [5.74, 6) is 0.334. The molecule has 152 valence electrons. The summed E-state index contributed by atoms with van der Waals surface area (Å²) in [6.45, 7) is 6.76. The molecule has 0 saturated heterocycles. The van der Waals surface area contributed by atoms with Gasteiger partial charge in [0, 0.05) is 25.7 Å². The number of hydrogen-bond acceptors (Lipinski definition) is 2. The third kappa shape index (κ3) is 6.78. The number of benzene rings is 2. The van der Waals surface area contributed by atoms with E-state index in [1.54, 1.807) is 38.2 Å². The van der Waals surface area contributed by atoms with Gasteiger partial charge in [0.25, 0.3) is 5.91 Å². The SMILES string of the molecule is CCNC(=O)c1ccc(CNC(=NC)NC(C)c2ccc(C)c(F)c2)cc1.I. The second-order valence-corrected chi connectivity index (χ2v) is 6.36. The third-order valence-corrected chi connectivity index (χ3v) is 4.29. The first-order chi connectivity index (χ1) is 12.9. The molecule has 7 heteroatoms. The Morgan fingerprint density at radius 1 is 1.14 bits per heavy atom. The maximum absolute atomic E-state index is 13.8. The highest BCUT2D eigenvalue weighted by Crippen LogP contribution is 2.16.